The number of thioether (sulfide) groups is 1. The maximum atomic E-state index is 12.3. The summed E-state index contributed by atoms with van der Waals surface area (Å²) in [6, 6.07) is 5.35. The average molecular weight is 365 g/mol. The van der Waals surface area contributed by atoms with Crippen LogP contribution in [-0.4, -0.2) is 41.0 Å². The minimum Gasteiger partial charge on any atom is -0.493 e. The zero-order chi connectivity index (χ0) is 16.9. The first-order valence-electron chi connectivity index (χ1n) is 7.34. The van der Waals surface area contributed by atoms with Crippen LogP contribution in [0.1, 0.15) is 22.8 Å². The van der Waals surface area contributed by atoms with E-state index < -0.39 is 0 Å². The molecule has 1 amide bonds. The molecule has 2 aromatic rings. The molecule has 2 heterocycles. The van der Waals surface area contributed by atoms with Crippen molar-refractivity contribution in [3.05, 3.63) is 29.3 Å². The smallest absolute Gasteiger partial charge is 0.316 e. The number of rotatable bonds is 6. The Morgan fingerprint density at radius 2 is 2.29 bits per heavy atom. The second-order valence-corrected chi connectivity index (χ2v) is 7.04. The Morgan fingerprint density at radius 1 is 1.42 bits per heavy atom. The van der Waals surface area contributed by atoms with E-state index >= 15 is 0 Å². The number of nitrogens with zero attached hydrogens (tertiary/aromatic N) is 2. The third-order valence-electron chi connectivity index (χ3n) is 3.20. The SMILES string of the molecule is CCOC(=O)CSc1nnc(NC(=O)c2ccc3c(c2)CCO3)s1. The summed E-state index contributed by atoms with van der Waals surface area (Å²) in [4.78, 5) is 23.6. The van der Waals surface area contributed by atoms with Crippen molar-refractivity contribution in [3.8, 4) is 5.75 Å². The topological polar surface area (TPSA) is 90.4 Å². The highest BCUT2D eigenvalue weighted by molar-refractivity contribution is 8.01. The maximum Gasteiger partial charge on any atom is 0.316 e. The van der Waals surface area contributed by atoms with E-state index in [1.165, 1.54) is 23.1 Å². The van der Waals surface area contributed by atoms with E-state index in [0.29, 0.717) is 28.2 Å². The molecule has 0 saturated carbocycles. The molecular weight excluding hydrogens is 350 g/mol. The number of aromatic nitrogens is 2. The van der Waals surface area contributed by atoms with Crippen molar-refractivity contribution >= 4 is 40.1 Å². The van der Waals surface area contributed by atoms with Crippen molar-refractivity contribution in [2.45, 2.75) is 17.7 Å². The van der Waals surface area contributed by atoms with Crippen LogP contribution in [0.2, 0.25) is 0 Å². The van der Waals surface area contributed by atoms with Gasteiger partial charge in [0.1, 0.15) is 5.75 Å². The lowest BCUT2D eigenvalue weighted by molar-refractivity contribution is -0.139. The number of amides is 1. The van der Waals surface area contributed by atoms with Gasteiger partial charge in [-0.05, 0) is 30.7 Å². The van der Waals surface area contributed by atoms with Gasteiger partial charge in [-0.3, -0.25) is 14.9 Å². The zero-order valence-corrected chi connectivity index (χ0v) is 14.5. The van der Waals surface area contributed by atoms with Crippen LogP contribution in [0.5, 0.6) is 5.75 Å². The summed E-state index contributed by atoms with van der Waals surface area (Å²) >= 11 is 2.45. The van der Waals surface area contributed by atoms with Gasteiger partial charge in [-0.2, -0.15) is 0 Å². The monoisotopic (exact) mass is 365 g/mol. The molecule has 1 N–H and O–H groups in total. The number of hydrogen-bond acceptors (Lipinski definition) is 8. The summed E-state index contributed by atoms with van der Waals surface area (Å²) in [5.41, 5.74) is 1.58. The minimum atomic E-state index is -0.302. The molecule has 126 valence electrons. The second kappa shape index (κ2) is 7.63. The molecule has 1 aliphatic heterocycles. The fraction of sp³-hybridized carbons (Fsp3) is 0.333. The molecule has 9 heteroatoms. The fourth-order valence-electron chi connectivity index (χ4n) is 2.14. The van der Waals surface area contributed by atoms with Crippen LogP contribution >= 0.6 is 23.1 Å². The van der Waals surface area contributed by atoms with Crippen LogP contribution < -0.4 is 10.1 Å². The number of benzene rings is 1. The average Bonchev–Trinajstić information content (AvgIpc) is 3.21. The number of nitrogens with one attached hydrogen (secondary N) is 1. The van der Waals surface area contributed by atoms with Crippen molar-refractivity contribution in [2.24, 2.45) is 0 Å². The Hall–Kier alpha value is -2.13. The summed E-state index contributed by atoms with van der Waals surface area (Å²) < 4.78 is 10.9. The molecule has 0 spiro atoms. The van der Waals surface area contributed by atoms with E-state index in [2.05, 4.69) is 15.5 Å². The number of ether oxygens (including phenoxy) is 2. The quantitative estimate of drug-likeness (QED) is 0.477. The Balaban J connectivity index is 1.58. The summed E-state index contributed by atoms with van der Waals surface area (Å²) in [7, 11) is 0. The summed E-state index contributed by atoms with van der Waals surface area (Å²) in [5, 5.41) is 11.0. The standard InChI is InChI=1S/C15H15N3O4S2/c1-2-21-12(19)8-23-15-18-17-14(24-15)16-13(20)10-3-4-11-9(7-10)5-6-22-11/h3-4,7H,2,5-6,8H2,1H3,(H,16,17,20). The Morgan fingerprint density at radius 3 is 3.12 bits per heavy atom. The highest BCUT2D eigenvalue weighted by Gasteiger charge is 2.16. The summed E-state index contributed by atoms with van der Waals surface area (Å²) in [6.45, 7) is 2.76. The van der Waals surface area contributed by atoms with Crippen LogP contribution in [0.15, 0.2) is 22.5 Å². The van der Waals surface area contributed by atoms with Crippen molar-refractivity contribution in [1.82, 2.24) is 10.2 Å². The third-order valence-corrected chi connectivity index (χ3v) is 5.14. The number of hydrogen-bond donors (Lipinski definition) is 1. The fourth-order valence-corrected chi connectivity index (χ4v) is 3.68. The van der Waals surface area contributed by atoms with Crippen LogP contribution in [0.4, 0.5) is 5.13 Å². The van der Waals surface area contributed by atoms with Gasteiger partial charge in [-0.1, -0.05) is 23.1 Å². The first kappa shape index (κ1) is 16.7. The van der Waals surface area contributed by atoms with Gasteiger partial charge in [0.2, 0.25) is 5.13 Å². The molecule has 0 fully saturated rings. The molecule has 0 aliphatic carbocycles. The lowest BCUT2D eigenvalue weighted by Gasteiger charge is -2.03. The molecule has 0 bridgehead atoms. The Labute approximate surface area is 146 Å². The Kier molecular flexibility index (Phi) is 5.31. The third kappa shape index (κ3) is 4.04. The van der Waals surface area contributed by atoms with Gasteiger partial charge in [0.05, 0.1) is 19.0 Å². The molecule has 0 saturated heterocycles. The summed E-state index contributed by atoms with van der Waals surface area (Å²) in [5.74, 6) is 0.452. The second-order valence-electron chi connectivity index (χ2n) is 4.84. The molecule has 24 heavy (non-hydrogen) atoms. The van der Waals surface area contributed by atoms with Gasteiger partial charge in [0, 0.05) is 12.0 Å². The van der Waals surface area contributed by atoms with Gasteiger partial charge in [-0.15, -0.1) is 10.2 Å². The molecule has 7 nitrogen and oxygen atoms in total. The van der Waals surface area contributed by atoms with E-state index in [0.717, 1.165) is 17.7 Å². The highest BCUT2D eigenvalue weighted by atomic mass is 32.2. The number of esters is 1. The lowest BCUT2D eigenvalue weighted by Crippen LogP contribution is -2.11. The number of carbonyl (C=O) groups excluding carboxylic acids is 2. The molecule has 0 unspecified atom stereocenters. The number of carbonyl (C=O) groups is 2. The normalized spacial score (nSPS) is 12.4. The van der Waals surface area contributed by atoms with E-state index in [-0.39, 0.29) is 17.6 Å². The maximum absolute atomic E-state index is 12.3. The van der Waals surface area contributed by atoms with E-state index in [1.807, 2.05) is 6.07 Å². The zero-order valence-electron chi connectivity index (χ0n) is 12.9. The van der Waals surface area contributed by atoms with Crippen LogP contribution in [0.3, 0.4) is 0 Å². The molecule has 0 radical (unpaired) electrons. The Bertz CT molecular complexity index is 763. The van der Waals surface area contributed by atoms with E-state index in [1.54, 1.807) is 19.1 Å². The van der Waals surface area contributed by atoms with E-state index in [9.17, 15) is 9.59 Å². The molecule has 0 atom stereocenters. The van der Waals surface area contributed by atoms with Crippen molar-refractivity contribution in [3.63, 3.8) is 0 Å². The largest absolute Gasteiger partial charge is 0.493 e. The van der Waals surface area contributed by atoms with Crippen molar-refractivity contribution in [1.29, 1.82) is 0 Å². The van der Waals surface area contributed by atoms with Gasteiger partial charge in [0.15, 0.2) is 4.34 Å². The summed E-state index contributed by atoms with van der Waals surface area (Å²) in [6.07, 6.45) is 0.809. The van der Waals surface area contributed by atoms with Gasteiger partial charge in [0.25, 0.3) is 5.91 Å². The minimum absolute atomic E-state index is 0.168. The number of anilines is 1. The number of fused-ring (bicyclic) bond motifs is 1. The van der Waals surface area contributed by atoms with Gasteiger partial charge >= 0.3 is 5.97 Å². The van der Waals surface area contributed by atoms with Crippen molar-refractivity contribution in [2.75, 3.05) is 24.3 Å². The first-order valence-corrected chi connectivity index (χ1v) is 9.15. The molecule has 3 rings (SSSR count). The lowest BCUT2D eigenvalue weighted by atomic mass is 10.1. The van der Waals surface area contributed by atoms with Crippen LogP contribution in [0.25, 0.3) is 0 Å². The molecule has 1 aliphatic rings. The first-order chi connectivity index (χ1) is 11.7. The predicted molar refractivity (Wildman–Crippen MR) is 90.9 cm³/mol. The van der Waals surface area contributed by atoms with Crippen LogP contribution in [-0.2, 0) is 16.0 Å². The van der Waals surface area contributed by atoms with Gasteiger partial charge in [-0.25, -0.2) is 0 Å². The van der Waals surface area contributed by atoms with E-state index in [4.69, 9.17) is 9.47 Å². The molecule has 1 aromatic heterocycles. The molecule has 1 aromatic carbocycles. The van der Waals surface area contributed by atoms with Crippen molar-refractivity contribution < 1.29 is 19.1 Å². The predicted octanol–water partition coefficient (Wildman–Crippen LogP) is 2.38. The molecular formula is C15H15N3O4S2. The highest BCUT2D eigenvalue weighted by Crippen LogP contribution is 2.28. The van der Waals surface area contributed by atoms with Gasteiger partial charge < -0.3 is 9.47 Å². The van der Waals surface area contributed by atoms with Crippen LogP contribution in [0, 0.1) is 0 Å².